The molecule has 1 aromatic rings. The van der Waals surface area contributed by atoms with Gasteiger partial charge in [-0.15, -0.1) is 11.8 Å². The molecule has 110 valence electrons. The number of ether oxygens (including phenoxy) is 1. The molecule has 0 radical (unpaired) electrons. The van der Waals surface area contributed by atoms with E-state index in [1.54, 1.807) is 13.0 Å². The molecule has 0 saturated heterocycles. The number of nitrogens with one attached hydrogen (secondary N) is 1. The number of hydrogen-bond acceptors (Lipinski definition) is 5. The van der Waals surface area contributed by atoms with Crippen molar-refractivity contribution in [3.05, 3.63) is 30.1 Å². The Hall–Kier alpha value is -1.60. The maximum Gasteiger partial charge on any atom is 0.323 e. The number of nitrogens with two attached hydrogens (primary N) is 1. The van der Waals surface area contributed by atoms with Gasteiger partial charge in [0.1, 0.15) is 11.9 Å². The van der Waals surface area contributed by atoms with Gasteiger partial charge in [0, 0.05) is 5.75 Å². The molecule has 3 N–H and O–H groups in total. The van der Waals surface area contributed by atoms with Gasteiger partial charge in [0.05, 0.1) is 18.0 Å². The third-order valence-electron chi connectivity index (χ3n) is 2.27. The lowest BCUT2D eigenvalue weighted by Crippen LogP contribution is -2.35. The van der Waals surface area contributed by atoms with Crippen molar-refractivity contribution in [3.8, 4) is 0 Å². The van der Waals surface area contributed by atoms with Crippen LogP contribution in [0.2, 0.25) is 0 Å². The summed E-state index contributed by atoms with van der Waals surface area (Å²) in [7, 11) is 0. The molecule has 0 aromatic heterocycles. The van der Waals surface area contributed by atoms with Gasteiger partial charge in [-0.05, 0) is 19.1 Å². The Bertz CT molecular complexity index is 471. The van der Waals surface area contributed by atoms with Crippen molar-refractivity contribution in [1.29, 1.82) is 0 Å². The van der Waals surface area contributed by atoms with Gasteiger partial charge in [-0.25, -0.2) is 4.39 Å². The molecule has 1 rings (SSSR count). The predicted molar refractivity (Wildman–Crippen MR) is 77.0 cm³/mol. The average Bonchev–Trinajstić information content (AvgIpc) is 2.41. The highest BCUT2D eigenvalue weighted by molar-refractivity contribution is 8.00. The molecule has 0 spiro atoms. The Labute approximate surface area is 121 Å². The van der Waals surface area contributed by atoms with Gasteiger partial charge in [0.15, 0.2) is 0 Å². The monoisotopic (exact) mass is 300 g/mol. The minimum atomic E-state index is -0.763. The molecular weight excluding hydrogens is 283 g/mol. The van der Waals surface area contributed by atoms with Gasteiger partial charge >= 0.3 is 5.97 Å². The van der Waals surface area contributed by atoms with Crippen LogP contribution < -0.4 is 11.1 Å². The lowest BCUT2D eigenvalue weighted by Gasteiger charge is -2.10. The van der Waals surface area contributed by atoms with E-state index in [1.807, 2.05) is 0 Å². The van der Waals surface area contributed by atoms with Crippen LogP contribution >= 0.6 is 11.8 Å². The van der Waals surface area contributed by atoms with Gasteiger partial charge in [-0.2, -0.15) is 0 Å². The molecule has 20 heavy (non-hydrogen) atoms. The number of halogens is 1. The van der Waals surface area contributed by atoms with Crippen LogP contribution in [0.3, 0.4) is 0 Å². The molecule has 0 fully saturated rings. The van der Waals surface area contributed by atoms with Gasteiger partial charge in [0.2, 0.25) is 5.91 Å². The summed E-state index contributed by atoms with van der Waals surface area (Å²) in [4.78, 5) is 22.8. The largest absolute Gasteiger partial charge is 0.465 e. The van der Waals surface area contributed by atoms with Crippen LogP contribution in [0.4, 0.5) is 10.1 Å². The van der Waals surface area contributed by atoms with E-state index in [0.29, 0.717) is 0 Å². The predicted octanol–water partition coefficient (Wildman–Crippen LogP) is 1.39. The smallest absolute Gasteiger partial charge is 0.323 e. The number of carbonyl (C=O) groups is 2. The van der Waals surface area contributed by atoms with Gasteiger partial charge in [-0.3, -0.25) is 9.59 Å². The Morgan fingerprint density at radius 2 is 2.15 bits per heavy atom. The van der Waals surface area contributed by atoms with E-state index in [4.69, 9.17) is 10.5 Å². The van der Waals surface area contributed by atoms with Crippen molar-refractivity contribution >= 4 is 29.3 Å². The van der Waals surface area contributed by atoms with Crippen LogP contribution in [0.25, 0.3) is 0 Å². The second-order valence-corrected chi connectivity index (χ2v) is 4.93. The number of thioether (sulfide) groups is 1. The molecule has 1 atom stereocenters. The van der Waals surface area contributed by atoms with Crippen molar-refractivity contribution in [2.45, 2.75) is 13.0 Å². The number of para-hydroxylation sites is 1. The Morgan fingerprint density at radius 1 is 1.45 bits per heavy atom. The first kappa shape index (κ1) is 16.5. The highest BCUT2D eigenvalue weighted by Crippen LogP contribution is 2.13. The zero-order valence-electron chi connectivity index (χ0n) is 11.1. The highest BCUT2D eigenvalue weighted by atomic mass is 32.2. The van der Waals surface area contributed by atoms with E-state index in [-0.39, 0.29) is 29.7 Å². The van der Waals surface area contributed by atoms with Crippen molar-refractivity contribution in [2.75, 3.05) is 23.4 Å². The van der Waals surface area contributed by atoms with E-state index in [0.717, 1.165) is 0 Å². The number of amides is 1. The van der Waals surface area contributed by atoms with Gasteiger partial charge in [-0.1, -0.05) is 12.1 Å². The summed E-state index contributed by atoms with van der Waals surface area (Å²) in [5.74, 6) is -0.981. The number of anilines is 1. The SMILES string of the molecule is CCOC(=O)C(N)CSCC(=O)Nc1ccccc1F. The fourth-order valence-corrected chi connectivity index (χ4v) is 2.11. The fraction of sp³-hybridized carbons (Fsp3) is 0.385. The number of esters is 1. The van der Waals surface area contributed by atoms with Crippen molar-refractivity contribution in [2.24, 2.45) is 5.73 Å². The Balaban J connectivity index is 2.30. The second-order valence-electron chi connectivity index (χ2n) is 3.90. The van der Waals surface area contributed by atoms with Crippen LogP contribution in [0.1, 0.15) is 6.92 Å². The summed E-state index contributed by atoms with van der Waals surface area (Å²) in [5, 5.41) is 2.45. The summed E-state index contributed by atoms with van der Waals surface area (Å²) < 4.78 is 18.0. The zero-order chi connectivity index (χ0) is 15.0. The van der Waals surface area contributed by atoms with Crippen LogP contribution in [0, 0.1) is 5.82 Å². The molecule has 1 unspecified atom stereocenters. The van der Waals surface area contributed by atoms with Crippen LogP contribution in [-0.4, -0.2) is 36.0 Å². The minimum Gasteiger partial charge on any atom is -0.465 e. The molecule has 0 heterocycles. The standard InChI is InChI=1S/C13H17FN2O3S/c1-2-19-13(18)10(15)7-20-8-12(17)16-11-6-4-3-5-9(11)14/h3-6,10H,2,7-8,15H2,1H3,(H,16,17). The second kappa shape index (κ2) is 8.55. The minimum absolute atomic E-state index is 0.0848. The van der Waals surface area contributed by atoms with Gasteiger partial charge < -0.3 is 15.8 Å². The third kappa shape index (κ3) is 5.58. The molecule has 1 amide bonds. The molecule has 0 aliphatic heterocycles. The van der Waals surface area contributed by atoms with Crippen LogP contribution in [0.5, 0.6) is 0 Å². The fourth-order valence-electron chi connectivity index (χ4n) is 1.34. The molecule has 5 nitrogen and oxygen atoms in total. The lowest BCUT2D eigenvalue weighted by molar-refractivity contribution is -0.144. The number of benzene rings is 1. The maximum absolute atomic E-state index is 13.3. The van der Waals surface area contributed by atoms with E-state index in [9.17, 15) is 14.0 Å². The first-order valence-corrected chi connectivity index (χ1v) is 7.24. The summed E-state index contributed by atoms with van der Waals surface area (Å²) >= 11 is 1.19. The quantitative estimate of drug-likeness (QED) is 0.744. The van der Waals surface area contributed by atoms with Crippen molar-refractivity contribution in [3.63, 3.8) is 0 Å². The maximum atomic E-state index is 13.3. The molecule has 1 aromatic carbocycles. The molecule has 0 saturated carbocycles. The Kier molecular flexibility index (Phi) is 7.03. The Morgan fingerprint density at radius 3 is 2.80 bits per heavy atom. The first-order valence-electron chi connectivity index (χ1n) is 6.09. The summed E-state index contributed by atoms with van der Waals surface area (Å²) in [6.45, 7) is 1.96. The number of carbonyl (C=O) groups excluding carboxylic acids is 2. The zero-order valence-corrected chi connectivity index (χ0v) is 11.9. The molecule has 0 aliphatic rings. The first-order chi connectivity index (χ1) is 9.54. The van der Waals surface area contributed by atoms with Crippen molar-refractivity contribution in [1.82, 2.24) is 0 Å². The highest BCUT2D eigenvalue weighted by Gasteiger charge is 2.15. The van der Waals surface area contributed by atoms with E-state index in [2.05, 4.69) is 5.32 Å². The number of rotatable bonds is 7. The molecule has 0 bridgehead atoms. The molecule has 7 heteroatoms. The van der Waals surface area contributed by atoms with E-state index in [1.165, 1.54) is 30.0 Å². The van der Waals surface area contributed by atoms with Crippen molar-refractivity contribution < 1.29 is 18.7 Å². The topological polar surface area (TPSA) is 81.4 Å². The van der Waals surface area contributed by atoms with Crippen LogP contribution in [0.15, 0.2) is 24.3 Å². The van der Waals surface area contributed by atoms with Gasteiger partial charge in [0.25, 0.3) is 0 Å². The lowest BCUT2D eigenvalue weighted by atomic mass is 10.3. The third-order valence-corrected chi connectivity index (χ3v) is 3.33. The molecular formula is C13H17FN2O3S. The summed E-state index contributed by atoms with van der Waals surface area (Å²) in [6.07, 6.45) is 0. The van der Waals surface area contributed by atoms with Crippen LogP contribution in [-0.2, 0) is 14.3 Å². The normalized spacial score (nSPS) is 11.8. The van der Waals surface area contributed by atoms with E-state index >= 15 is 0 Å². The average molecular weight is 300 g/mol. The summed E-state index contributed by atoms with van der Waals surface area (Å²) in [5.41, 5.74) is 5.71. The number of hydrogen-bond donors (Lipinski definition) is 2. The molecule has 0 aliphatic carbocycles. The summed E-state index contributed by atoms with van der Waals surface area (Å²) in [6, 6.07) is 5.14. The van der Waals surface area contributed by atoms with E-state index < -0.39 is 17.8 Å².